The summed E-state index contributed by atoms with van der Waals surface area (Å²) in [5.41, 5.74) is 5.86. The molecule has 0 saturated carbocycles. The van der Waals surface area contributed by atoms with Crippen molar-refractivity contribution in [3.05, 3.63) is 35.9 Å². The Morgan fingerprint density at radius 2 is 1.71 bits per heavy atom. The van der Waals surface area contributed by atoms with Crippen molar-refractivity contribution in [2.75, 3.05) is 0 Å². The molecule has 0 saturated heterocycles. The van der Waals surface area contributed by atoms with Gasteiger partial charge in [-0.25, -0.2) is 9.59 Å². The van der Waals surface area contributed by atoms with Crippen molar-refractivity contribution in [3.63, 3.8) is 0 Å². The van der Waals surface area contributed by atoms with E-state index in [1.165, 1.54) is 18.2 Å². The predicted molar refractivity (Wildman–Crippen MR) is 69.3 cm³/mol. The van der Waals surface area contributed by atoms with Gasteiger partial charge in [0.2, 0.25) is 0 Å². The third-order valence-electron chi connectivity index (χ3n) is 2.37. The number of phenols is 2. The summed E-state index contributed by atoms with van der Waals surface area (Å²) >= 11 is 0. The number of cyclic esters (lactones) is 2. The highest BCUT2D eigenvalue weighted by Crippen LogP contribution is 2.25. The average Bonchev–Trinajstić information content (AvgIpc) is 2.78. The summed E-state index contributed by atoms with van der Waals surface area (Å²) < 4.78 is 3.97. The van der Waals surface area contributed by atoms with Crippen molar-refractivity contribution in [1.29, 1.82) is 0 Å². The van der Waals surface area contributed by atoms with E-state index in [-0.39, 0.29) is 17.9 Å². The number of nitrogens with two attached hydrogens (primary N) is 1. The number of benzene rings is 1. The van der Waals surface area contributed by atoms with Gasteiger partial charge in [0.05, 0.1) is 0 Å². The van der Waals surface area contributed by atoms with Gasteiger partial charge in [-0.15, -0.1) is 0 Å². The first-order chi connectivity index (χ1) is 9.79. The molecule has 8 heteroatoms. The fraction of sp³-hybridized carbons (Fsp3) is 0.154. The second-order valence-electron chi connectivity index (χ2n) is 4.05. The summed E-state index contributed by atoms with van der Waals surface area (Å²) in [6.07, 6.45) is 2.29. The minimum atomic E-state index is -1.10. The Morgan fingerprint density at radius 1 is 1.14 bits per heavy atom. The summed E-state index contributed by atoms with van der Waals surface area (Å²) in [5, 5.41) is 26.6. The monoisotopic (exact) mass is 295 g/mol. The Labute approximate surface area is 119 Å². The molecule has 1 aliphatic rings. The third kappa shape index (κ3) is 5.33. The van der Waals surface area contributed by atoms with Crippen molar-refractivity contribution in [3.8, 4) is 11.5 Å². The zero-order valence-corrected chi connectivity index (χ0v) is 10.7. The van der Waals surface area contributed by atoms with Crippen molar-refractivity contribution in [1.82, 2.24) is 0 Å². The van der Waals surface area contributed by atoms with E-state index >= 15 is 0 Å². The van der Waals surface area contributed by atoms with Crippen LogP contribution in [0.25, 0.3) is 0 Å². The number of carbonyl (C=O) groups excluding carboxylic acids is 2. The normalized spacial score (nSPS) is 14.1. The predicted octanol–water partition coefficient (Wildman–Crippen LogP) is -0.322. The van der Waals surface area contributed by atoms with E-state index in [1.54, 1.807) is 0 Å². The van der Waals surface area contributed by atoms with Crippen LogP contribution >= 0.6 is 0 Å². The van der Waals surface area contributed by atoms with E-state index in [1.807, 2.05) is 0 Å². The molecule has 0 amide bonds. The SMILES string of the molecule is N[C@@H](Cc1ccc(O)c(O)c1)C(=O)O.O=C1C=CC(=O)O1. The van der Waals surface area contributed by atoms with Crippen LogP contribution in [-0.4, -0.2) is 39.3 Å². The van der Waals surface area contributed by atoms with Crippen LogP contribution in [0.5, 0.6) is 11.5 Å². The molecule has 1 aliphatic heterocycles. The molecule has 0 aliphatic carbocycles. The van der Waals surface area contributed by atoms with Crippen molar-refractivity contribution in [2.45, 2.75) is 12.5 Å². The molecule has 0 unspecified atom stereocenters. The summed E-state index contributed by atoms with van der Waals surface area (Å²) in [6.45, 7) is 0. The number of aliphatic carboxylic acids is 1. The molecule has 1 atom stereocenters. The number of carboxylic acids is 1. The van der Waals surface area contributed by atoms with E-state index in [0.29, 0.717) is 5.56 Å². The Kier molecular flexibility index (Phi) is 5.44. The number of carboxylic acid groups (broad SMARTS) is 1. The quantitative estimate of drug-likeness (QED) is 0.337. The molecule has 8 nitrogen and oxygen atoms in total. The summed E-state index contributed by atoms with van der Waals surface area (Å²) in [4.78, 5) is 30.3. The highest BCUT2D eigenvalue weighted by Gasteiger charge is 2.13. The summed E-state index contributed by atoms with van der Waals surface area (Å²) in [6, 6.07) is 3.09. The molecular weight excluding hydrogens is 282 g/mol. The van der Waals surface area contributed by atoms with Crippen LogP contribution in [0.3, 0.4) is 0 Å². The zero-order chi connectivity index (χ0) is 16.0. The molecule has 21 heavy (non-hydrogen) atoms. The summed E-state index contributed by atoms with van der Waals surface area (Å²) in [7, 11) is 0. The molecular formula is C13H13NO7. The second kappa shape index (κ2) is 7.06. The van der Waals surface area contributed by atoms with Gasteiger partial charge in [-0.2, -0.15) is 0 Å². The number of aromatic hydroxyl groups is 2. The lowest BCUT2D eigenvalue weighted by Gasteiger charge is -2.06. The topological polar surface area (TPSA) is 147 Å². The molecule has 5 N–H and O–H groups in total. The van der Waals surface area contributed by atoms with Crippen LogP contribution in [-0.2, 0) is 25.5 Å². The van der Waals surface area contributed by atoms with Gasteiger partial charge in [0, 0.05) is 12.2 Å². The molecule has 0 aromatic heterocycles. The molecule has 1 aromatic carbocycles. The van der Waals surface area contributed by atoms with Crippen LogP contribution < -0.4 is 5.73 Å². The van der Waals surface area contributed by atoms with Gasteiger partial charge in [-0.05, 0) is 24.1 Å². The number of ether oxygens (including phenoxy) is 1. The zero-order valence-electron chi connectivity index (χ0n) is 10.7. The number of esters is 2. The smallest absolute Gasteiger partial charge is 0.338 e. The highest BCUT2D eigenvalue weighted by atomic mass is 16.6. The van der Waals surface area contributed by atoms with E-state index in [0.717, 1.165) is 12.2 Å². The Morgan fingerprint density at radius 3 is 2.10 bits per heavy atom. The van der Waals surface area contributed by atoms with Crippen LogP contribution in [0.4, 0.5) is 0 Å². The van der Waals surface area contributed by atoms with Crippen LogP contribution in [0.15, 0.2) is 30.4 Å². The minimum Gasteiger partial charge on any atom is -0.504 e. The molecule has 2 rings (SSSR count). The molecule has 0 fully saturated rings. The second-order valence-corrected chi connectivity index (χ2v) is 4.05. The van der Waals surface area contributed by atoms with Gasteiger partial charge in [0.1, 0.15) is 6.04 Å². The largest absolute Gasteiger partial charge is 0.504 e. The van der Waals surface area contributed by atoms with E-state index in [4.69, 9.17) is 21.1 Å². The van der Waals surface area contributed by atoms with Crippen LogP contribution in [0.1, 0.15) is 5.56 Å². The fourth-order valence-corrected chi connectivity index (χ4v) is 1.34. The van der Waals surface area contributed by atoms with Gasteiger partial charge in [-0.1, -0.05) is 6.07 Å². The third-order valence-corrected chi connectivity index (χ3v) is 2.37. The van der Waals surface area contributed by atoms with E-state index in [2.05, 4.69) is 4.74 Å². The number of rotatable bonds is 3. The molecule has 1 heterocycles. The number of phenolic OH excluding ortho intramolecular Hbond substituents is 2. The lowest BCUT2D eigenvalue weighted by Crippen LogP contribution is -2.32. The lowest BCUT2D eigenvalue weighted by atomic mass is 10.1. The minimum absolute atomic E-state index is 0.114. The number of carbonyl (C=O) groups is 3. The standard InChI is InChI=1S/C9H11NO4.C4H2O3/c10-6(9(13)14)3-5-1-2-7(11)8(12)4-5;5-3-1-2-4(6)7-3/h1-2,4,6,11-12H,3,10H2,(H,13,14);1-2H/t6-;/m0./s1. The lowest BCUT2D eigenvalue weighted by molar-refractivity contribution is -0.150. The van der Waals surface area contributed by atoms with Gasteiger partial charge in [-0.3, -0.25) is 4.79 Å². The molecule has 0 radical (unpaired) electrons. The van der Waals surface area contributed by atoms with Crippen molar-refractivity contribution < 1.29 is 34.4 Å². The highest BCUT2D eigenvalue weighted by molar-refractivity contribution is 6.04. The maximum atomic E-state index is 10.4. The van der Waals surface area contributed by atoms with Crippen LogP contribution in [0, 0.1) is 0 Å². The van der Waals surface area contributed by atoms with Crippen molar-refractivity contribution >= 4 is 17.9 Å². The first kappa shape index (κ1) is 16.2. The molecule has 112 valence electrons. The fourth-order valence-electron chi connectivity index (χ4n) is 1.34. The first-order valence-electron chi connectivity index (χ1n) is 5.72. The van der Waals surface area contributed by atoms with Gasteiger partial charge in [0.15, 0.2) is 11.5 Å². The number of hydrogen-bond acceptors (Lipinski definition) is 7. The van der Waals surface area contributed by atoms with Gasteiger partial charge < -0.3 is 25.8 Å². The number of hydrogen-bond donors (Lipinski definition) is 4. The van der Waals surface area contributed by atoms with Gasteiger partial charge in [0.25, 0.3) is 0 Å². The maximum Gasteiger partial charge on any atom is 0.338 e. The van der Waals surface area contributed by atoms with Crippen molar-refractivity contribution in [2.24, 2.45) is 5.73 Å². The summed E-state index contributed by atoms with van der Waals surface area (Å²) in [5.74, 6) is -2.77. The Bertz CT molecular complexity index is 578. The van der Waals surface area contributed by atoms with Gasteiger partial charge >= 0.3 is 17.9 Å². The van der Waals surface area contributed by atoms with E-state index in [9.17, 15) is 14.4 Å². The molecule has 0 bridgehead atoms. The molecule has 0 spiro atoms. The Balaban J connectivity index is 0.000000262. The van der Waals surface area contributed by atoms with E-state index < -0.39 is 23.9 Å². The first-order valence-corrected chi connectivity index (χ1v) is 5.72. The van der Waals surface area contributed by atoms with Crippen LogP contribution in [0.2, 0.25) is 0 Å². The maximum absolute atomic E-state index is 10.4. The molecule has 1 aromatic rings. The Hall–Kier alpha value is -2.87. The average molecular weight is 295 g/mol.